The lowest BCUT2D eigenvalue weighted by Gasteiger charge is -2.26. The van der Waals surface area contributed by atoms with Crippen LogP contribution >= 0.6 is 0 Å². The van der Waals surface area contributed by atoms with Crippen LogP contribution in [0.4, 0.5) is 5.69 Å². The topological polar surface area (TPSA) is 70.0 Å². The Balaban J connectivity index is 3.38. The molecule has 100 valence electrons. The van der Waals surface area contributed by atoms with Gasteiger partial charge in [0.15, 0.2) is 0 Å². The van der Waals surface area contributed by atoms with Crippen LogP contribution < -0.4 is 4.90 Å². The van der Waals surface area contributed by atoms with E-state index in [0.29, 0.717) is 5.69 Å². The number of allylic oxidation sites excluding steroid dienone is 3. The first kappa shape index (κ1) is 14.6. The molecule has 1 amide bonds. The number of carbonyl (C=O) groups is 1. The van der Waals surface area contributed by atoms with E-state index >= 15 is 0 Å². The number of amides is 1. The molecule has 0 aromatic heterocycles. The van der Waals surface area contributed by atoms with Gasteiger partial charge in [-0.25, -0.2) is 0 Å². The molecule has 19 heavy (non-hydrogen) atoms. The van der Waals surface area contributed by atoms with Gasteiger partial charge in [0, 0.05) is 22.3 Å². The molecule has 5 nitrogen and oxygen atoms in total. The molecule has 5 heteroatoms. The number of phenols is 1. The monoisotopic (exact) mass is 260 g/mol. The minimum atomic E-state index is -1.00. The van der Waals surface area contributed by atoms with E-state index in [4.69, 9.17) is 0 Å². The zero-order valence-corrected chi connectivity index (χ0v) is 11.2. The molecule has 0 aliphatic rings. The van der Waals surface area contributed by atoms with Crippen LogP contribution in [0, 0.1) is 4.91 Å². The fraction of sp³-hybridized carbons (Fsp3) is 0.214. The molecule has 1 rings (SSSR count). The van der Waals surface area contributed by atoms with Crippen LogP contribution in [-0.4, -0.2) is 11.0 Å². The Labute approximate surface area is 111 Å². The largest absolute Gasteiger partial charge is 0.507 e. The Morgan fingerprint density at radius 2 is 2.05 bits per heavy atom. The molecule has 0 saturated heterocycles. The molecule has 0 atom stereocenters. The fourth-order valence-corrected chi connectivity index (χ4v) is 1.74. The third-order valence-electron chi connectivity index (χ3n) is 2.70. The fourth-order valence-electron chi connectivity index (χ4n) is 1.74. The molecule has 1 aromatic rings. The van der Waals surface area contributed by atoms with E-state index in [9.17, 15) is 14.8 Å². The zero-order chi connectivity index (χ0) is 14.6. The zero-order valence-electron chi connectivity index (χ0n) is 11.2. The summed E-state index contributed by atoms with van der Waals surface area (Å²) in [4.78, 5) is 23.4. The van der Waals surface area contributed by atoms with Crippen molar-refractivity contribution in [3.63, 3.8) is 0 Å². The van der Waals surface area contributed by atoms with Gasteiger partial charge in [0.25, 0.3) is 0 Å². The normalized spacial score (nSPS) is 11.0. The molecule has 0 aliphatic carbocycles. The van der Waals surface area contributed by atoms with E-state index in [-0.39, 0.29) is 11.3 Å². The molecule has 0 radical (unpaired) electrons. The summed E-state index contributed by atoms with van der Waals surface area (Å²) in [5.74, 6) is -1.27. The second-order valence-corrected chi connectivity index (χ2v) is 4.10. The number of nitroso groups, excluding NO2 is 1. The molecular formula is C14H16N2O3. The van der Waals surface area contributed by atoms with Crippen molar-refractivity contribution in [2.45, 2.75) is 20.8 Å². The van der Waals surface area contributed by atoms with Gasteiger partial charge in [-0.3, -0.25) is 4.79 Å². The Morgan fingerprint density at radius 1 is 1.42 bits per heavy atom. The molecule has 1 N–H and O–H groups in total. The van der Waals surface area contributed by atoms with Crippen LogP contribution in [0.3, 0.4) is 0 Å². The highest BCUT2D eigenvalue weighted by Crippen LogP contribution is 2.29. The quantitative estimate of drug-likeness (QED) is 0.840. The van der Waals surface area contributed by atoms with Gasteiger partial charge in [-0.05, 0) is 39.0 Å². The minimum Gasteiger partial charge on any atom is -0.507 e. The Hall–Kier alpha value is -2.43. The van der Waals surface area contributed by atoms with Gasteiger partial charge in [-0.2, -0.15) is 0 Å². The van der Waals surface area contributed by atoms with E-state index in [1.165, 1.54) is 12.1 Å². The van der Waals surface area contributed by atoms with Crippen molar-refractivity contribution >= 4 is 11.6 Å². The lowest BCUT2D eigenvalue weighted by molar-refractivity contribution is 0.0998. The second-order valence-electron chi connectivity index (χ2n) is 4.10. The lowest BCUT2D eigenvalue weighted by atomic mass is 10.1. The minimum absolute atomic E-state index is 0.123. The summed E-state index contributed by atoms with van der Waals surface area (Å²) >= 11 is 0. The van der Waals surface area contributed by atoms with Gasteiger partial charge in [-0.15, -0.1) is 4.91 Å². The number of phenolic OH excluding ortho intramolecular Hbond substituents is 1. The number of hydrogen-bond acceptors (Lipinski definition) is 4. The summed E-state index contributed by atoms with van der Waals surface area (Å²) in [5.41, 5.74) is 2.17. The average molecular weight is 260 g/mol. The summed E-state index contributed by atoms with van der Waals surface area (Å²) in [6.07, 6.45) is 1.89. The Morgan fingerprint density at radius 3 is 2.53 bits per heavy atom. The standard InChI is InChI=1S/C14H16N2O3/c1-5-10(4)16(9(2)3)11-6-7-13(17)12(8-11)14(18)15-19/h5-8,17H,2H2,1,3-4H3/b10-5-. The Kier molecular flexibility index (Phi) is 4.58. The molecule has 0 spiro atoms. The molecule has 1 aromatic carbocycles. The molecule has 0 unspecified atom stereocenters. The molecule has 0 saturated carbocycles. The van der Waals surface area contributed by atoms with Crippen molar-refractivity contribution in [3.05, 3.63) is 52.7 Å². The maximum absolute atomic E-state index is 11.3. The third-order valence-corrected chi connectivity index (χ3v) is 2.70. The second kappa shape index (κ2) is 5.95. The van der Waals surface area contributed by atoms with Crippen LogP contribution in [0.1, 0.15) is 31.1 Å². The predicted octanol–water partition coefficient (Wildman–Crippen LogP) is 3.56. The third kappa shape index (κ3) is 3.07. The smallest absolute Gasteiger partial charge is 0.320 e. The highest BCUT2D eigenvalue weighted by atomic mass is 16.3. The van der Waals surface area contributed by atoms with Gasteiger partial charge >= 0.3 is 5.91 Å². The molecular weight excluding hydrogens is 244 g/mol. The van der Waals surface area contributed by atoms with Crippen molar-refractivity contribution in [1.29, 1.82) is 0 Å². The number of anilines is 1. The van der Waals surface area contributed by atoms with Crippen LogP contribution in [0.2, 0.25) is 0 Å². The summed E-state index contributed by atoms with van der Waals surface area (Å²) in [7, 11) is 0. The van der Waals surface area contributed by atoms with Crippen LogP contribution in [0.5, 0.6) is 5.75 Å². The van der Waals surface area contributed by atoms with Crippen LogP contribution in [-0.2, 0) is 0 Å². The number of rotatable bonds is 4. The van der Waals surface area contributed by atoms with Crippen LogP contribution in [0.25, 0.3) is 0 Å². The maximum atomic E-state index is 11.3. The van der Waals surface area contributed by atoms with E-state index in [2.05, 4.69) is 11.8 Å². The predicted molar refractivity (Wildman–Crippen MR) is 75.0 cm³/mol. The van der Waals surface area contributed by atoms with Crippen molar-refractivity contribution in [2.24, 2.45) is 5.18 Å². The highest BCUT2D eigenvalue weighted by Gasteiger charge is 2.16. The van der Waals surface area contributed by atoms with Gasteiger partial charge in [0.2, 0.25) is 0 Å². The van der Waals surface area contributed by atoms with Crippen molar-refractivity contribution in [2.75, 3.05) is 4.90 Å². The summed E-state index contributed by atoms with van der Waals surface area (Å²) in [6.45, 7) is 9.46. The summed E-state index contributed by atoms with van der Waals surface area (Å²) in [6, 6.07) is 4.41. The van der Waals surface area contributed by atoms with E-state index in [0.717, 1.165) is 11.4 Å². The summed E-state index contributed by atoms with van der Waals surface area (Å²) < 4.78 is 0. The maximum Gasteiger partial charge on any atom is 0.320 e. The average Bonchev–Trinajstić information content (AvgIpc) is 2.39. The number of aromatic hydroxyl groups is 1. The first-order valence-electron chi connectivity index (χ1n) is 5.71. The SMILES string of the molecule is C=C(C)N(/C(C)=C\C)c1ccc(O)c(C(=O)N=O)c1. The van der Waals surface area contributed by atoms with Crippen molar-refractivity contribution in [3.8, 4) is 5.75 Å². The van der Waals surface area contributed by atoms with Gasteiger partial charge < -0.3 is 10.0 Å². The van der Waals surface area contributed by atoms with Gasteiger partial charge in [-0.1, -0.05) is 12.7 Å². The van der Waals surface area contributed by atoms with E-state index < -0.39 is 5.91 Å². The first-order valence-corrected chi connectivity index (χ1v) is 5.71. The lowest BCUT2D eigenvalue weighted by Crippen LogP contribution is -2.18. The van der Waals surface area contributed by atoms with E-state index in [1.54, 1.807) is 11.0 Å². The molecule has 0 bridgehead atoms. The molecule has 0 fully saturated rings. The van der Waals surface area contributed by atoms with Crippen molar-refractivity contribution < 1.29 is 9.90 Å². The number of nitrogens with zero attached hydrogens (tertiary/aromatic N) is 2. The van der Waals surface area contributed by atoms with E-state index in [1.807, 2.05) is 26.8 Å². The van der Waals surface area contributed by atoms with Crippen LogP contribution in [0.15, 0.2) is 47.4 Å². The number of benzene rings is 1. The number of hydrogen-bond donors (Lipinski definition) is 1. The van der Waals surface area contributed by atoms with Crippen molar-refractivity contribution in [1.82, 2.24) is 0 Å². The molecule has 0 aliphatic heterocycles. The first-order chi connectivity index (χ1) is 8.92. The number of carbonyl (C=O) groups excluding carboxylic acids is 1. The van der Waals surface area contributed by atoms with Gasteiger partial charge in [0.1, 0.15) is 5.75 Å². The highest BCUT2D eigenvalue weighted by molar-refractivity contribution is 5.98. The summed E-state index contributed by atoms with van der Waals surface area (Å²) in [5, 5.41) is 11.9. The Bertz CT molecular complexity index is 562. The van der Waals surface area contributed by atoms with Gasteiger partial charge in [0.05, 0.1) is 5.56 Å². The molecule has 0 heterocycles.